The zero-order valence-corrected chi connectivity index (χ0v) is 9.81. The summed E-state index contributed by atoms with van der Waals surface area (Å²) in [5.41, 5.74) is 3.05. The average molecular weight is 231 g/mol. The van der Waals surface area contributed by atoms with Gasteiger partial charge in [-0.3, -0.25) is 4.98 Å². The van der Waals surface area contributed by atoms with Crippen LogP contribution in [0.3, 0.4) is 0 Å². The lowest BCUT2D eigenvalue weighted by Gasteiger charge is -2.15. The lowest BCUT2D eigenvalue weighted by molar-refractivity contribution is 0.214. The van der Waals surface area contributed by atoms with Crippen molar-refractivity contribution in [2.45, 2.75) is 20.0 Å². The van der Waals surface area contributed by atoms with Crippen molar-refractivity contribution in [1.29, 1.82) is 0 Å². The molecule has 2 aromatic rings. The van der Waals surface area contributed by atoms with Crippen LogP contribution in [0, 0.1) is 19.7 Å². The van der Waals surface area contributed by atoms with E-state index in [0.717, 1.165) is 22.9 Å². The first-order valence-corrected chi connectivity index (χ1v) is 5.45. The Labute approximate surface area is 99.8 Å². The standard InChI is InChI=1S/C14H14FNO/c1-9-4-3-5-11(10(9)2)14(17)12-6-7-16-8-13(12)15/h3-8,14,17H,1-2H3. The Morgan fingerprint density at radius 2 is 1.94 bits per heavy atom. The van der Waals surface area contributed by atoms with Crippen molar-refractivity contribution in [2.24, 2.45) is 0 Å². The third-order valence-electron chi connectivity index (χ3n) is 3.04. The van der Waals surface area contributed by atoms with E-state index in [1.54, 1.807) is 0 Å². The number of hydrogen-bond acceptors (Lipinski definition) is 2. The molecule has 1 unspecified atom stereocenters. The molecule has 0 aliphatic heterocycles. The third-order valence-corrected chi connectivity index (χ3v) is 3.04. The minimum Gasteiger partial charge on any atom is -0.384 e. The zero-order valence-electron chi connectivity index (χ0n) is 9.81. The third kappa shape index (κ3) is 2.19. The fourth-order valence-corrected chi connectivity index (χ4v) is 1.85. The smallest absolute Gasteiger partial charge is 0.147 e. The Bertz CT molecular complexity index is 539. The number of aliphatic hydroxyl groups excluding tert-OH is 1. The SMILES string of the molecule is Cc1cccc(C(O)c2ccncc2F)c1C. The predicted octanol–water partition coefficient (Wildman–Crippen LogP) is 2.92. The number of rotatable bonds is 2. The van der Waals surface area contributed by atoms with Gasteiger partial charge in [0.15, 0.2) is 0 Å². The summed E-state index contributed by atoms with van der Waals surface area (Å²) in [7, 11) is 0. The summed E-state index contributed by atoms with van der Waals surface area (Å²) in [6.07, 6.45) is 1.65. The van der Waals surface area contributed by atoms with Gasteiger partial charge in [0, 0.05) is 11.8 Å². The molecule has 0 saturated carbocycles. The summed E-state index contributed by atoms with van der Waals surface area (Å²) in [6.45, 7) is 3.89. The van der Waals surface area contributed by atoms with E-state index in [4.69, 9.17) is 0 Å². The highest BCUT2D eigenvalue weighted by atomic mass is 19.1. The molecule has 1 N–H and O–H groups in total. The highest BCUT2D eigenvalue weighted by Gasteiger charge is 2.17. The summed E-state index contributed by atoms with van der Waals surface area (Å²) in [6, 6.07) is 7.14. The van der Waals surface area contributed by atoms with Crippen molar-refractivity contribution in [3.63, 3.8) is 0 Å². The van der Waals surface area contributed by atoms with Crippen molar-refractivity contribution >= 4 is 0 Å². The van der Waals surface area contributed by atoms with Crippen LogP contribution in [0.5, 0.6) is 0 Å². The molecule has 0 saturated heterocycles. The molecular weight excluding hydrogens is 217 g/mol. The van der Waals surface area contributed by atoms with Crippen molar-refractivity contribution in [2.75, 3.05) is 0 Å². The summed E-state index contributed by atoms with van der Waals surface area (Å²) < 4.78 is 13.5. The second-order valence-corrected chi connectivity index (χ2v) is 4.09. The van der Waals surface area contributed by atoms with Gasteiger partial charge in [0.05, 0.1) is 6.20 Å². The van der Waals surface area contributed by atoms with E-state index >= 15 is 0 Å². The lowest BCUT2D eigenvalue weighted by Crippen LogP contribution is -2.05. The first kappa shape index (κ1) is 11.7. The van der Waals surface area contributed by atoms with Crippen LogP contribution >= 0.6 is 0 Å². The number of benzene rings is 1. The van der Waals surface area contributed by atoms with Gasteiger partial charge in [-0.15, -0.1) is 0 Å². The van der Waals surface area contributed by atoms with E-state index in [0.29, 0.717) is 0 Å². The summed E-state index contributed by atoms with van der Waals surface area (Å²) >= 11 is 0. The molecule has 0 aliphatic rings. The zero-order chi connectivity index (χ0) is 12.4. The van der Waals surface area contributed by atoms with Crippen LogP contribution in [-0.4, -0.2) is 10.1 Å². The molecule has 0 bridgehead atoms. The Hall–Kier alpha value is -1.74. The van der Waals surface area contributed by atoms with E-state index < -0.39 is 11.9 Å². The van der Waals surface area contributed by atoms with Gasteiger partial charge in [-0.25, -0.2) is 4.39 Å². The van der Waals surface area contributed by atoms with Gasteiger partial charge in [-0.05, 0) is 36.6 Å². The highest BCUT2D eigenvalue weighted by molar-refractivity contribution is 5.39. The summed E-state index contributed by atoms with van der Waals surface area (Å²) in [5, 5.41) is 10.2. The molecule has 0 fully saturated rings. The normalized spacial score (nSPS) is 12.5. The molecule has 2 rings (SSSR count). The van der Waals surface area contributed by atoms with Gasteiger partial charge < -0.3 is 5.11 Å². The van der Waals surface area contributed by atoms with Gasteiger partial charge in [-0.1, -0.05) is 18.2 Å². The quantitative estimate of drug-likeness (QED) is 0.862. The Morgan fingerprint density at radius 3 is 2.65 bits per heavy atom. The van der Waals surface area contributed by atoms with Gasteiger partial charge in [0.1, 0.15) is 11.9 Å². The minimum absolute atomic E-state index is 0.258. The fourth-order valence-electron chi connectivity index (χ4n) is 1.85. The van der Waals surface area contributed by atoms with E-state index in [1.807, 2.05) is 32.0 Å². The van der Waals surface area contributed by atoms with E-state index in [2.05, 4.69) is 4.98 Å². The van der Waals surface area contributed by atoms with Gasteiger partial charge in [0.25, 0.3) is 0 Å². The maximum Gasteiger partial charge on any atom is 0.147 e. The molecule has 17 heavy (non-hydrogen) atoms. The number of pyridine rings is 1. The summed E-state index contributed by atoms with van der Waals surface area (Å²) in [4.78, 5) is 3.67. The molecule has 88 valence electrons. The number of aliphatic hydroxyl groups is 1. The monoisotopic (exact) mass is 231 g/mol. The van der Waals surface area contributed by atoms with Crippen molar-refractivity contribution in [3.05, 3.63) is 64.7 Å². The second-order valence-electron chi connectivity index (χ2n) is 4.09. The molecule has 1 aromatic carbocycles. The molecule has 0 amide bonds. The molecule has 0 radical (unpaired) electrons. The molecule has 0 spiro atoms. The first-order chi connectivity index (χ1) is 8.11. The molecule has 1 aromatic heterocycles. The molecule has 1 atom stereocenters. The molecule has 2 nitrogen and oxygen atoms in total. The van der Waals surface area contributed by atoms with Gasteiger partial charge in [-0.2, -0.15) is 0 Å². The fraction of sp³-hybridized carbons (Fsp3) is 0.214. The molecule has 0 aliphatic carbocycles. The van der Waals surface area contributed by atoms with E-state index in [9.17, 15) is 9.50 Å². The Kier molecular flexibility index (Phi) is 3.20. The summed E-state index contributed by atoms with van der Waals surface area (Å²) in [5.74, 6) is -0.485. The van der Waals surface area contributed by atoms with Crippen LogP contribution in [0.25, 0.3) is 0 Å². The number of aryl methyl sites for hydroxylation is 1. The number of hydrogen-bond donors (Lipinski definition) is 1. The largest absolute Gasteiger partial charge is 0.384 e. The van der Waals surface area contributed by atoms with Crippen LogP contribution in [0.4, 0.5) is 4.39 Å². The lowest BCUT2D eigenvalue weighted by atomic mass is 9.95. The molecule has 3 heteroatoms. The maximum atomic E-state index is 13.5. The number of aromatic nitrogens is 1. The van der Waals surface area contributed by atoms with E-state index in [-0.39, 0.29) is 5.56 Å². The van der Waals surface area contributed by atoms with Crippen molar-refractivity contribution in [3.8, 4) is 0 Å². The van der Waals surface area contributed by atoms with Crippen LogP contribution in [0.1, 0.15) is 28.4 Å². The average Bonchev–Trinajstić information content (AvgIpc) is 2.32. The van der Waals surface area contributed by atoms with Crippen molar-refractivity contribution < 1.29 is 9.50 Å². The minimum atomic E-state index is -0.946. The number of halogens is 1. The van der Waals surface area contributed by atoms with Crippen LogP contribution < -0.4 is 0 Å². The van der Waals surface area contributed by atoms with E-state index in [1.165, 1.54) is 12.3 Å². The molecule has 1 heterocycles. The van der Waals surface area contributed by atoms with Crippen LogP contribution in [0.15, 0.2) is 36.7 Å². The second kappa shape index (κ2) is 4.63. The first-order valence-electron chi connectivity index (χ1n) is 5.45. The van der Waals surface area contributed by atoms with Crippen molar-refractivity contribution in [1.82, 2.24) is 4.98 Å². The van der Waals surface area contributed by atoms with Crippen LogP contribution in [0.2, 0.25) is 0 Å². The highest BCUT2D eigenvalue weighted by Crippen LogP contribution is 2.27. The Balaban J connectivity index is 2.48. The Morgan fingerprint density at radius 1 is 1.18 bits per heavy atom. The topological polar surface area (TPSA) is 33.1 Å². The number of nitrogens with zero attached hydrogens (tertiary/aromatic N) is 1. The predicted molar refractivity (Wildman–Crippen MR) is 64.2 cm³/mol. The van der Waals surface area contributed by atoms with Gasteiger partial charge in [0.2, 0.25) is 0 Å². The maximum absolute atomic E-state index is 13.5. The molecular formula is C14H14FNO. The van der Waals surface area contributed by atoms with Gasteiger partial charge >= 0.3 is 0 Å². The van der Waals surface area contributed by atoms with Crippen LogP contribution in [-0.2, 0) is 0 Å².